The Hall–Kier alpha value is -0.780. The fourth-order valence-corrected chi connectivity index (χ4v) is 2.87. The monoisotopic (exact) mass is 336 g/mol. The van der Waals surface area contributed by atoms with Crippen LogP contribution < -0.4 is 5.32 Å². The van der Waals surface area contributed by atoms with Gasteiger partial charge in [-0.2, -0.15) is 13.2 Å². The summed E-state index contributed by atoms with van der Waals surface area (Å²) >= 11 is 0. The molecular formula is C16H24ClF3N2. The third-order valence-corrected chi connectivity index (χ3v) is 4.02. The zero-order chi connectivity index (χ0) is 15.3. The molecule has 0 bridgehead atoms. The first kappa shape index (κ1) is 19.3. The number of nitrogens with zero attached hydrogens (tertiary/aromatic N) is 1. The molecule has 0 radical (unpaired) electrons. The Morgan fingerprint density at radius 2 is 1.91 bits per heavy atom. The maximum atomic E-state index is 12.9. The summed E-state index contributed by atoms with van der Waals surface area (Å²) in [5, 5.41) is 3.29. The summed E-state index contributed by atoms with van der Waals surface area (Å²) in [6, 6.07) is 5.92. The van der Waals surface area contributed by atoms with E-state index in [0.29, 0.717) is 0 Å². The molecular weight excluding hydrogens is 313 g/mol. The number of rotatable bonds is 5. The molecule has 126 valence electrons. The number of unbranched alkanes of at least 4 members (excludes halogenated alkanes) is 1. The van der Waals surface area contributed by atoms with E-state index in [1.54, 1.807) is 0 Å². The normalized spacial score (nSPS) is 17.8. The Balaban J connectivity index is 0.00000242. The molecule has 1 atom stereocenters. The SMILES string of the molecule is CCCC[C@@H](c1cccc(C(F)(F)F)c1)N1CCNCC1.Cl. The molecule has 1 aliphatic rings. The average Bonchev–Trinajstić information content (AvgIpc) is 2.48. The van der Waals surface area contributed by atoms with Crippen LogP contribution in [-0.2, 0) is 6.18 Å². The van der Waals surface area contributed by atoms with E-state index in [1.165, 1.54) is 12.1 Å². The Kier molecular flexibility index (Phi) is 7.66. The van der Waals surface area contributed by atoms with Gasteiger partial charge in [0.15, 0.2) is 0 Å². The maximum Gasteiger partial charge on any atom is 0.416 e. The lowest BCUT2D eigenvalue weighted by Gasteiger charge is -2.35. The quantitative estimate of drug-likeness (QED) is 0.864. The minimum Gasteiger partial charge on any atom is -0.314 e. The summed E-state index contributed by atoms with van der Waals surface area (Å²) in [6.07, 6.45) is -1.26. The standard InChI is InChI=1S/C16H23F3N2.ClH/c1-2-3-7-15(21-10-8-20-9-11-21)13-5-4-6-14(12-13)16(17,18)19;/h4-6,12,15,20H,2-3,7-11H2,1H3;1H/t15-;/m0./s1. The van der Waals surface area contributed by atoms with Gasteiger partial charge in [-0.15, -0.1) is 12.4 Å². The van der Waals surface area contributed by atoms with Crippen molar-refractivity contribution in [2.75, 3.05) is 26.2 Å². The molecule has 22 heavy (non-hydrogen) atoms. The van der Waals surface area contributed by atoms with Crippen LogP contribution in [0.5, 0.6) is 0 Å². The summed E-state index contributed by atoms with van der Waals surface area (Å²) in [4.78, 5) is 2.31. The summed E-state index contributed by atoms with van der Waals surface area (Å²) in [5.41, 5.74) is 0.247. The van der Waals surface area contributed by atoms with E-state index in [0.717, 1.165) is 57.1 Å². The van der Waals surface area contributed by atoms with E-state index < -0.39 is 11.7 Å². The first-order valence-corrected chi connectivity index (χ1v) is 7.64. The molecule has 0 saturated carbocycles. The van der Waals surface area contributed by atoms with Gasteiger partial charge < -0.3 is 5.32 Å². The molecule has 1 heterocycles. The number of hydrogen-bond donors (Lipinski definition) is 1. The topological polar surface area (TPSA) is 15.3 Å². The van der Waals surface area contributed by atoms with Gasteiger partial charge in [0, 0.05) is 32.2 Å². The molecule has 0 spiro atoms. The molecule has 1 aromatic rings. The van der Waals surface area contributed by atoms with Crippen LogP contribution in [0.15, 0.2) is 24.3 Å². The Morgan fingerprint density at radius 1 is 1.23 bits per heavy atom. The second kappa shape index (κ2) is 8.75. The highest BCUT2D eigenvalue weighted by Crippen LogP contribution is 2.33. The molecule has 1 aliphatic heterocycles. The van der Waals surface area contributed by atoms with Gasteiger partial charge in [-0.3, -0.25) is 4.90 Å². The van der Waals surface area contributed by atoms with Crippen LogP contribution in [0.3, 0.4) is 0 Å². The smallest absolute Gasteiger partial charge is 0.314 e. The van der Waals surface area contributed by atoms with Crippen molar-refractivity contribution in [3.05, 3.63) is 35.4 Å². The van der Waals surface area contributed by atoms with Crippen molar-refractivity contribution in [1.82, 2.24) is 10.2 Å². The predicted octanol–water partition coefficient (Wildman–Crippen LogP) is 4.26. The van der Waals surface area contributed by atoms with E-state index in [9.17, 15) is 13.2 Å². The average molecular weight is 337 g/mol. The van der Waals surface area contributed by atoms with Gasteiger partial charge in [-0.1, -0.05) is 31.9 Å². The molecule has 1 N–H and O–H groups in total. The van der Waals surface area contributed by atoms with Crippen molar-refractivity contribution < 1.29 is 13.2 Å². The Morgan fingerprint density at radius 3 is 2.50 bits per heavy atom. The number of nitrogens with one attached hydrogen (secondary N) is 1. The summed E-state index contributed by atoms with van der Waals surface area (Å²) < 4.78 is 38.7. The summed E-state index contributed by atoms with van der Waals surface area (Å²) in [7, 11) is 0. The highest BCUT2D eigenvalue weighted by molar-refractivity contribution is 5.85. The third kappa shape index (κ3) is 5.14. The minimum absolute atomic E-state index is 0. The van der Waals surface area contributed by atoms with Crippen molar-refractivity contribution in [2.24, 2.45) is 0 Å². The van der Waals surface area contributed by atoms with Gasteiger partial charge in [0.2, 0.25) is 0 Å². The van der Waals surface area contributed by atoms with Crippen LogP contribution in [0, 0.1) is 0 Å². The van der Waals surface area contributed by atoms with Crippen LogP contribution in [0.2, 0.25) is 0 Å². The van der Waals surface area contributed by atoms with Crippen molar-refractivity contribution in [1.29, 1.82) is 0 Å². The molecule has 0 unspecified atom stereocenters. The van der Waals surface area contributed by atoms with E-state index in [2.05, 4.69) is 17.1 Å². The van der Waals surface area contributed by atoms with Crippen molar-refractivity contribution in [3.63, 3.8) is 0 Å². The molecule has 0 aliphatic carbocycles. The number of hydrogen-bond acceptors (Lipinski definition) is 2. The zero-order valence-electron chi connectivity index (χ0n) is 12.8. The number of benzene rings is 1. The molecule has 0 aromatic heterocycles. The number of alkyl halides is 3. The fraction of sp³-hybridized carbons (Fsp3) is 0.625. The first-order valence-electron chi connectivity index (χ1n) is 7.64. The molecule has 1 aromatic carbocycles. The van der Waals surface area contributed by atoms with Crippen LogP contribution in [-0.4, -0.2) is 31.1 Å². The molecule has 1 saturated heterocycles. The van der Waals surface area contributed by atoms with E-state index in [4.69, 9.17) is 0 Å². The van der Waals surface area contributed by atoms with E-state index >= 15 is 0 Å². The zero-order valence-corrected chi connectivity index (χ0v) is 13.6. The predicted molar refractivity (Wildman–Crippen MR) is 85.4 cm³/mol. The van der Waals surface area contributed by atoms with Crippen LogP contribution in [0.25, 0.3) is 0 Å². The molecule has 2 rings (SSSR count). The maximum absolute atomic E-state index is 12.9. The number of halogens is 4. The van der Waals surface area contributed by atoms with Gasteiger partial charge in [0.25, 0.3) is 0 Å². The molecule has 1 fully saturated rings. The van der Waals surface area contributed by atoms with Gasteiger partial charge in [-0.05, 0) is 24.1 Å². The number of piperazine rings is 1. The molecule has 0 amide bonds. The Labute approximate surface area is 136 Å². The van der Waals surface area contributed by atoms with Gasteiger partial charge in [0.1, 0.15) is 0 Å². The fourth-order valence-electron chi connectivity index (χ4n) is 2.87. The van der Waals surface area contributed by atoms with Crippen LogP contribution in [0.4, 0.5) is 13.2 Å². The lowest BCUT2D eigenvalue weighted by molar-refractivity contribution is -0.137. The Bertz CT molecular complexity index is 445. The largest absolute Gasteiger partial charge is 0.416 e. The second-order valence-electron chi connectivity index (χ2n) is 5.57. The third-order valence-electron chi connectivity index (χ3n) is 4.02. The lowest BCUT2D eigenvalue weighted by Crippen LogP contribution is -2.45. The van der Waals surface area contributed by atoms with Crippen LogP contribution >= 0.6 is 12.4 Å². The second-order valence-corrected chi connectivity index (χ2v) is 5.57. The lowest BCUT2D eigenvalue weighted by atomic mass is 9.97. The highest BCUT2D eigenvalue weighted by Gasteiger charge is 2.31. The van der Waals surface area contributed by atoms with Gasteiger partial charge in [-0.25, -0.2) is 0 Å². The van der Waals surface area contributed by atoms with Gasteiger partial charge >= 0.3 is 6.18 Å². The minimum atomic E-state index is -4.27. The summed E-state index contributed by atoms with van der Waals surface area (Å²) in [5.74, 6) is 0. The first-order chi connectivity index (χ1) is 10.0. The molecule has 6 heteroatoms. The van der Waals surface area contributed by atoms with Crippen molar-refractivity contribution in [2.45, 2.75) is 38.4 Å². The van der Waals surface area contributed by atoms with Crippen LogP contribution in [0.1, 0.15) is 43.4 Å². The van der Waals surface area contributed by atoms with Crippen molar-refractivity contribution in [3.8, 4) is 0 Å². The van der Waals surface area contributed by atoms with Crippen molar-refractivity contribution >= 4 is 12.4 Å². The van der Waals surface area contributed by atoms with Gasteiger partial charge in [0.05, 0.1) is 5.56 Å². The van der Waals surface area contributed by atoms with E-state index in [1.807, 2.05) is 6.07 Å². The molecule has 2 nitrogen and oxygen atoms in total. The van der Waals surface area contributed by atoms with E-state index in [-0.39, 0.29) is 18.4 Å². The summed E-state index contributed by atoms with van der Waals surface area (Å²) in [6.45, 7) is 5.71. The highest BCUT2D eigenvalue weighted by atomic mass is 35.5.